The van der Waals surface area contributed by atoms with E-state index >= 15 is 0 Å². The zero-order valence-electron chi connectivity index (χ0n) is 11.5. The molecule has 2 aliphatic rings. The maximum atomic E-state index is 3.57. The highest BCUT2D eigenvalue weighted by molar-refractivity contribution is 5.55. The number of fused-ring (bicyclic) bond motifs is 1. The summed E-state index contributed by atoms with van der Waals surface area (Å²) in [4.78, 5) is 0. The van der Waals surface area contributed by atoms with Crippen LogP contribution in [-0.2, 0) is 6.42 Å². The van der Waals surface area contributed by atoms with Crippen LogP contribution in [0, 0.1) is 5.92 Å². The van der Waals surface area contributed by atoms with Crippen LogP contribution in [-0.4, -0.2) is 6.54 Å². The highest BCUT2D eigenvalue weighted by Gasteiger charge is 2.22. The van der Waals surface area contributed by atoms with Gasteiger partial charge in [-0.1, -0.05) is 38.3 Å². The second-order valence-electron chi connectivity index (χ2n) is 6.08. The van der Waals surface area contributed by atoms with E-state index in [1.807, 2.05) is 0 Å². The van der Waals surface area contributed by atoms with Crippen molar-refractivity contribution in [1.29, 1.82) is 0 Å². The number of hydrogen-bond acceptors (Lipinski definition) is 1. The van der Waals surface area contributed by atoms with Crippen molar-refractivity contribution in [2.45, 2.75) is 57.8 Å². The second-order valence-corrected chi connectivity index (χ2v) is 6.08. The van der Waals surface area contributed by atoms with Crippen LogP contribution in [0.15, 0.2) is 18.2 Å². The average Bonchev–Trinajstić information content (AvgIpc) is 2.47. The van der Waals surface area contributed by atoms with E-state index in [1.165, 1.54) is 56.2 Å². The van der Waals surface area contributed by atoms with Gasteiger partial charge in [0.2, 0.25) is 0 Å². The Labute approximate surface area is 111 Å². The van der Waals surface area contributed by atoms with E-state index in [2.05, 4.69) is 30.4 Å². The highest BCUT2D eigenvalue weighted by Crippen LogP contribution is 2.39. The van der Waals surface area contributed by atoms with E-state index in [0.29, 0.717) is 0 Å². The molecule has 0 saturated heterocycles. The molecule has 0 bridgehead atoms. The van der Waals surface area contributed by atoms with E-state index in [0.717, 1.165) is 18.4 Å². The largest absolute Gasteiger partial charge is 0.385 e. The molecule has 2 atom stereocenters. The Morgan fingerprint density at radius 1 is 1.22 bits per heavy atom. The van der Waals surface area contributed by atoms with Gasteiger partial charge in [-0.25, -0.2) is 0 Å². The maximum Gasteiger partial charge on any atom is 0.0375 e. The summed E-state index contributed by atoms with van der Waals surface area (Å²) in [5, 5.41) is 3.57. The van der Waals surface area contributed by atoms with Crippen LogP contribution in [0.1, 0.15) is 62.5 Å². The molecule has 0 amide bonds. The van der Waals surface area contributed by atoms with Gasteiger partial charge in [0.05, 0.1) is 0 Å². The van der Waals surface area contributed by atoms with Crippen molar-refractivity contribution >= 4 is 5.69 Å². The van der Waals surface area contributed by atoms with Crippen molar-refractivity contribution in [2.75, 3.05) is 11.9 Å². The fraction of sp³-hybridized carbons (Fsp3) is 0.647. The topological polar surface area (TPSA) is 12.0 Å². The van der Waals surface area contributed by atoms with Crippen LogP contribution in [0.3, 0.4) is 0 Å². The van der Waals surface area contributed by atoms with Gasteiger partial charge in [0.15, 0.2) is 0 Å². The van der Waals surface area contributed by atoms with Crippen molar-refractivity contribution in [3.63, 3.8) is 0 Å². The first-order valence-corrected chi connectivity index (χ1v) is 7.73. The lowest BCUT2D eigenvalue weighted by Crippen LogP contribution is -2.15. The van der Waals surface area contributed by atoms with Crippen molar-refractivity contribution in [1.82, 2.24) is 0 Å². The molecule has 18 heavy (non-hydrogen) atoms. The summed E-state index contributed by atoms with van der Waals surface area (Å²) in [6.07, 6.45) is 9.59. The zero-order chi connectivity index (χ0) is 12.4. The molecule has 98 valence electrons. The van der Waals surface area contributed by atoms with E-state index in [4.69, 9.17) is 0 Å². The summed E-state index contributed by atoms with van der Waals surface area (Å²) >= 11 is 0. The highest BCUT2D eigenvalue weighted by atomic mass is 14.9. The van der Waals surface area contributed by atoms with E-state index in [9.17, 15) is 0 Å². The molecule has 0 aromatic heterocycles. The first-order chi connectivity index (χ1) is 8.86. The molecule has 1 heteroatoms. The summed E-state index contributed by atoms with van der Waals surface area (Å²) in [6.45, 7) is 3.50. The molecule has 1 heterocycles. The van der Waals surface area contributed by atoms with Gasteiger partial charge in [-0.15, -0.1) is 0 Å². The first kappa shape index (κ1) is 12.1. The van der Waals surface area contributed by atoms with Gasteiger partial charge in [0, 0.05) is 12.2 Å². The van der Waals surface area contributed by atoms with Crippen molar-refractivity contribution in [3.8, 4) is 0 Å². The number of nitrogens with one attached hydrogen (secondary N) is 1. The Kier molecular flexibility index (Phi) is 3.58. The lowest BCUT2D eigenvalue weighted by atomic mass is 9.76. The van der Waals surface area contributed by atoms with Gasteiger partial charge < -0.3 is 5.32 Å². The maximum absolute atomic E-state index is 3.57. The third-order valence-corrected chi connectivity index (χ3v) is 4.90. The van der Waals surface area contributed by atoms with Crippen LogP contribution in [0.4, 0.5) is 5.69 Å². The number of hydrogen-bond donors (Lipinski definition) is 1. The fourth-order valence-corrected chi connectivity index (χ4v) is 3.70. The summed E-state index contributed by atoms with van der Waals surface area (Å²) < 4.78 is 0. The molecule has 2 unspecified atom stereocenters. The molecule has 0 radical (unpaired) electrons. The predicted molar refractivity (Wildman–Crippen MR) is 78.2 cm³/mol. The molecule has 1 aliphatic carbocycles. The molecule has 0 spiro atoms. The van der Waals surface area contributed by atoms with Gasteiger partial charge in [0.1, 0.15) is 0 Å². The molecule has 1 aromatic carbocycles. The predicted octanol–water partition coefficient (Wildman–Crippen LogP) is 4.73. The molecular weight excluding hydrogens is 218 g/mol. The molecule has 1 aromatic rings. The van der Waals surface area contributed by atoms with Gasteiger partial charge in [-0.05, 0) is 54.7 Å². The van der Waals surface area contributed by atoms with Crippen LogP contribution in [0.5, 0.6) is 0 Å². The minimum atomic E-state index is 0.817. The van der Waals surface area contributed by atoms with Gasteiger partial charge >= 0.3 is 0 Å². The normalized spacial score (nSPS) is 27.4. The standard InChI is InChI=1S/C17H25N/c1-2-13-5-3-6-15(11-13)16-9-8-14-7-4-10-18-17(14)12-16/h8-9,12-13,15,18H,2-7,10-11H2,1H3. The zero-order valence-corrected chi connectivity index (χ0v) is 11.5. The number of anilines is 1. The number of benzene rings is 1. The smallest absolute Gasteiger partial charge is 0.0375 e. The molecule has 1 saturated carbocycles. The quantitative estimate of drug-likeness (QED) is 0.792. The minimum absolute atomic E-state index is 0.817. The summed E-state index contributed by atoms with van der Waals surface area (Å²) in [7, 11) is 0. The molecule has 1 aliphatic heterocycles. The van der Waals surface area contributed by atoms with E-state index in [1.54, 1.807) is 5.56 Å². The lowest BCUT2D eigenvalue weighted by molar-refractivity contribution is 0.314. The van der Waals surface area contributed by atoms with Gasteiger partial charge in [-0.3, -0.25) is 0 Å². The average molecular weight is 243 g/mol. The molecule has 1 nitrogen and oxygen atoms in total. The van der Waals surface area contributed by atoms with Crippen molar-refractivity contribution in [2.24, 2.45) is 5.92 Å². The number of rotatable bonds is 2. The summed E-state index contributed by atoms with van der Waals surface area (Å²) in [5.74, 6) is 1.78. The molecule has 3 rings (SSSR count). The van der Waals surface area contributed by atoms with E-state index < -0.39 is 0 Å². The number of aryl methyl sites for hydroxylation is 1. The first-order valence-electron chi connectivity index (χ1n) is 7.73. The van der Waals surface area contributed by atoms with Crippen molar-refractivity contribution in [3.05, 3.63) is 29.3 Å². The Balaban J connectivity index is 1.79. The molecular formula is C17H25N. The van der Waals surface area contributed by atoms with Gasteiger partial charge in [-0.2, -0.15) is 0 Å². The monoisotopic (exact) mass is 243 g/mol. The Morgan fingerprint density at radius 3 is 3.06 bits per heavy atom. The summed E-state index contributed by atoms with van der Waals surface area (Å²) in [5.41, 5.74) is 4.52. The molecule has 1 fully saturated rings. The molecule has 1 N–H and O–H groups in total. The van der Waals surface area contributed by atoms with Crippen molar-refractivity contribution < 1.29 is 0 Å². The van der Waals surface area contributed by atoms with Crippen LogP contribution in [0.25, 0.3) is 0 Å². The Hall–Kier alpha value is -0.980. The fourth-order valence-electron chi connectivity index (χ4n) is 3.70. The Morgan fingerprint density at radius 2 is 2.17 bits per heavy atom. The Bertz CT molecular complexity index is 410. The van der Waals surface area contributed by atoms with Crippen LogP contribution < -0.4 is 5.32 Å². The third-order valence-electron chi connectivity index (χ3n) is 4.90. The van der Waals surface area contributed by atoms with Gasteiger partial charge in [0.25, 0.3) is 0 Å². The van der Waals surface area contributed by atoms with E-state index in [-0.39, 0.29) is 0 Å². The third kappa shape index (κ3) is 2.41. The summed E-state index contributed by atoms with van der Waals surface area (Å²) in [6, 6.07) is 7.21. The lowest BCUT2D eigenvalue weighted by Gasteiger charge is -2.30. The van der Waals surface area contributed by atoms with Crippen LogP contribution >= 0.6 is 0 Å². The SMILES string of the molecule is CCC1CCCC(c2ccc3c(c2)NCCC3)C1. The van der Waals surface area contributed by atoms with Crippen LogP contribution in [0.2, 0.25) is 0 Å². The second kappa shape index (κ2) is 5.34. The minimum Gasteiger partial charge on any atom is -0.385 e.